The van der Waals surface area contributed by atoms with Crippen molar-refractivity contribution in [2.24, 2.45) is 11.5 Å². The minimum Gasteiger partial charge on any atom is -0.398 e. The highest BCUT2D eigenvalue weighted by molar-refractivity contribution is 5.87. The van der Waals surface area contributed by atoms with E-state index in [4.69, 9.17) is 17.3 Å². The molecule has 7 N–H and O–H groups in total. The van der Waals surface area contributed by atoms with E-state index in [1.54, 1.807) is 10.7 Å². The van der Waals surface area contributed by atoms with Gasteiger partial charge in [-0.05, 0) is 55.3 Å². The quantitative estimate of drug-likeness (QED) is 0.365. The van der Waals surface area contributed by atoms with Crippen molar-refractivity contribution in [2.75, 3.05) is 12.4 Å². The number of fused-ring (bicyclic) bond motifs is 3. The zero-order valence-electron chi connectivity index (χ0n) is 17.1. The highest BCUT2D eigenvalue weighted by atomic mass is 19.4. The van der Waals surface area contributed by atoms with Gasteiger partial charge < -0.3 is 22.6 Å². The molecule has 0 amide bonds. The van der Waals surface area contributed by atoms with Crippen LogP contribution in [0.5, 0.6) is 0 Å². The number of benzene rings is 1. The molecular weight excluding hydrogens is 421 g/mol. The first-order valence-corrected chi connectivity index (χ1v) is 10.0. The summed E-state index contributed by atoms with van der Waals surface area (Å²) in [5.41, 5.74) is 13.1. The van der Waals surface area contributed by atoms with Crippen LogP contribution in [0.25, 0.3) is 22.3 Å². The highest BCUT2D eigenvalue weighted by Crippen LogP contribution is 2.28. The van der Waals surface area contributed by atoms with Crippen molar-refractivity contribution in [3.63, 3.8) is 0 Å². The molecule has 0 unspecified atom stereocenters. The molecule has 1 aliphatic heterocycles. The second-order valence-electron chi connectivity index (χ2n) is 7.64. The number of allylic oxidation sites excluding steroid dienone is 3. The summed E-state index contributed by atoms with van der Waals surface area (Å²) in [6.45, 7) is 1.68. The fourth-order valence-corrected chi connectivity index (χ4v) is 3.88. The average molecular weight is 444 g/mol. The van der Waals surface area contributed by atoms with Crippen LogP contribution in [-0.2, 0) is 13.0 Å². The number of alkyl halides is 3. The molecule has 10 heteroatoms. The summed E-state index contributed by atoms with van der Waals surface area (Å²) < 4.78 is 40.6. The number of halogens is 3. The molecule has 0 spiro atoms. The maximum absolute atomic E-state index is 12.7. The fraction of sp³-hybridized carbons (Fsp3) is 0.227. The molecule has 2 aromatic heterocycles. The Balaban J connectivity index is 1.69. The zero-order chi connectivity index (χ0) is 23.0. The molecule has 168 valence electrons. The second-order valence-corrected chi connectivity index (χ2v) is 7.64. The maximum Gasteiger partial charge on any atom is 0.430 e. The molecule has 3 heterocycles. The Morgan fingerprint density at radius 2 is 1.91 bits per heavy atom. The van der Waals surface area contributed by atoms with Crippen LogP contribution in [0.15, 0.2) is 59.2 Å². The number of hydrogen-bond donors (Lipinski definition) is 4. The number of aromatic nitrogens is 2. The van der Waals surface area contributed by atoms with E-state index in [-0.39, 0.29) is 11.3 Å². The van der Waals surface area contributed by atoms with Gasteiger partial charge in [0.25, 0.3) is 5.56 Å². The summed E-state index contributed by atoms with van der Waals surface area (Å²) >= 11 is 0. The minimum atomic E-state index is -4.64. The predicted octanol–water partition coefficient (Wildman–Crippen LogP) is 2.25. The van der Waals surface area contributed by atoms with Gasteiger partial charge >= 0.3 is 6.18 Å². The van der Waals surface area contributed by atoms with Crippen LogP contribution < -0.4 is 28.2 Å². The summed E-state index contributed by atoms with van der Waals surface area (Å²) in [4.78, 5) is 12.7. The van der Waals surface area contributed by atoms with Gasteiger partial charge in [0.2, 0.25) is 0 Å². The van der Waals surface area contributed by atoms with E-state index in [9.17, 15) is 18.0 Å². The molecule has 0 bridgehead atoms. The Morgan fingerprint density at radius 3 is 2.62 bits per heavy atom. The maximum atomic E-state index is 12.7. The number of nitrogens with two attached hydrogens (primary N) is 3. The van der Waals surface area contributed by atoms with Crippen LogP contribution in [0.4, 0.5) is 13.2 Å². The lowest BCUT2D eigenvalue weighted by Crippen LogP contribution is -2.19. The Kier molecular flexibility index (Phi) is 5.47. The summed E-state index contributed by atoms with van der Waals surface area (Å²) in [6, 6.07) is 8.43. The summed E-state index contributed by atoms with van der Waals surface area (Å²) in [7, 11) is 0. The van der Waals surface area contributed by atoms with Crippen LogP contribution in [0.1, 0.15) is 23.2 Å². The van der Waals surface area contributed by atoms with Crippen LogP contribution in [0.3, 0.4) is 0 Å². The molecular formula is C22H23F3N6O. The van der Waals surface area contributed by atoms with E-state index in [1.165, 1.54) is 22.4 Å². The molecule has 0 aliphatic carbocycles. The lowest BCUT2D eigenvalue weighted by atomic mass is 10.1. The van der Waals surface area contributed by atoms with Crippen molar-refractivity contribution in [3.8, 4) is 5.69 Å². The zero-order valence-corrected chi connectivity index (χ0v) is 17.1. The smallest absolute Gasteiger partial charge is 0.398 e. The van der Waals surface area contributed by atoms with E-state index >= 15 is 0 Å². The molecule has 3 aromatic rings. The summed E-state index contributed by atoms with van der Waals surface area (Å²) in [6.07, 6.45) is 0.434. The summed E-state index contributed by atoms with van der Waals surface area (Å²) in [5, 5.41) is 4.42. The van der Waals surface area contributed by atoms with Crippen molar-refractivity contribution in [1.29, 1.82) is 0 Å². The van der Waals surface area contributed by atoms with Gasteiger partial charge in [0.1, 0.15) is 5.70 Å². The third-order valence-electron chi connectivity index (χ3n) is 5.57. The van der Waals surface area contributed by atoms with Crippen molar-refractivity contribution in [3.05, 3.63) is 81.6 Å². The molecule has 0 saturated heterocycles. The van der Waals surface area contributed by atoms with Crippen LogP contribution in [0.2, 0.25) is 0 Å². The minimum absolute atomic E-state index is 0.0102. The number of nitrogens with one attached hydrogen (secondary N) is 1. The van der Waals surface area contributed by atoms with Gasteiger partial charge in [0.05, 0.1) is 11.2 Å². The number of hydrogen-bond acceptors (Lipinski definition) is 5. The Labute approximate surface area is 181 Å². The lowest BCUT2D eigenvalue weighted by molar-refractivity contribution is -0.0926. The first-order chi connectivity index (χ1) is 15.2. The van der Waals surface area contributed by atoms with E-state index in [2.05, 4.69) is 5.32 Å². The van der Waals surface area contributed by atoms with Crippen molar-refractivity contribution < 1.29 is 13.2 Å². The van der Waals surface area contributed by atoms with E-state index in [1.807, 2.05) is 18.2 Å². The van der Waals surface area contributed by atoms with Crippen molar-refractivity contribution in [1.82, 2.24) is 14.6 Å². The number of nitrogens with zero attached hydrogens (tertiary/aromatic N) is 2. The van der Waals surface area contributed by atoms with Gasteiger partial charge in [0.15, 0.2) is 0 Å². The fourth-order valence-electron chi connectivity index (χ4n) is 3.88. The molecule has 0 radical (unpaired) electrons. The lowest BCUT2D eigenvalue weighted by Gasteiger charge is -2.09. The Morgan fingerprint density at radius 1 is 1.12 bits per heavy atom. The largest absolute Gasteiger partial charge is 0.430 e. The number of rotatable bonds is 3. The number of pyridine rings is 1. The van der Waals surface area contributed by atoms with E-state index in [0.29, 0.717) is 17.3 Å². The number of nitrogen functional groups attached to an aromatic ring is 1. The monoisotopic (exact) mass is 444 g/mol. The molecule has 7 nitrogen and oxygen atoms in total. The van der Waals surface area contributed by atoms with E-state index in [0.717, 1.165) is 48.6 Å². The van der Waals surface area contributed by atoms with Gasteiger partial charge in [-0.1, -0.05) is 6.07 Å². The molecule has 32 heavy (non-hydrogen) atoms. The third kappa shape index (κ3) is 3.96. The average Bonchev–Trinajstić information content (AvgIpc) is 2.90. The first kappa shape index (κ1) is 21.6. The van der Waals surface area contributed by atoms with Gasteiger partial charge in [-0.2, -0.15) is 13.2 Å². The van der Waals surface area contributed by atoms with Crippen LogP contribution in [-0.4, -0.2) is 22.0 Å². The Hall–Kier alpha value is -3.66. The van der Waals surface area contributed by atoms with Gasteiger partial charge in [0, 0.05) is 41.1 Å². The normalized spacial score (nSPS) is 15.6. The topological polar surface area (TPSA) is 117 Å². The second kappa shape index (κ2) is 8.12. The molecule has 1 aliphatic rings. The summed E-state index contributed by atoms with van der Waals surface area (Å²) in [5.74, 6) is 6.35. The standard InChI is InChI=1S/C22H23F3N6O/c23-22(24,25)20(27)6-5-17(26)13-7-9-30(21(32)10-13)14-3-4-15-16-12-29-8-1-2-18(16)31(28)19(15)11-14/h3-7,9-11,29H,1-2,8,12,26-28H2/b17-5-,20-6-. The van der Waals surface area contributed by atoms with Crippen LogP contribution >= 0.6 is 0 Å². The third-order valence-corrected chi connectivity index (χ3v) is 5.57. The molecule has 1 aromatic carbocycles. The molecule has 0 atom stereocenters. The Bertz CT molecular complexity index is 1300. The van der Waals surface area contributed by atoms with Gasteiger partial charge in [-0.3, -0.25) is 14.0 Å². The van der Waals surface area contributed by atoms with Crippen LogP contribution in [0, 0.1) is 0 Å². The van der Waals surface area contributed by atoms with Crippen molar-refractivity contribution in [2.45, 2.75) is 25.6 Å². The van der Waals surface area contributed by atoms with Gasteiger partial charge in [-0.25, -0.2) is 0 Å². The predicted molar refractivity (Wildman–Crippen MR) is 118 cm³/mol. The van der Waals surface area contributed by atoms with Crippen molar-refractivity contribution >= 4 is 16.6 Å². The molecule has 4 rings (SSSR count). The van der Waals surface area contributed by atoms with Gasteiger partial charge in [-0.15, -0.1) is 0 Å². The SMILES string of the molecule is N/C(=C\C=C(/N)C(F)(F)F)c1ccn(-c2ccc3c4c(n(N)c3c2)CCCNC4)c(=O)c1. The van der Waals surface area contributed by atoms with E-state index < -0.39 is 11.9 Å². The highest BCUT2D eigenvalue weighted by Gasteiger charge is 2.30. The molecule has 0 fully saturated rings. The molecule has 0 saturated carbocycles. The first-order valence-electron chi connectivity index (χ1n) is 10.0.